The fraction of sp³-hybridized carbons (Fsp3) is 0.660. The number of fused-ring (bicyclic) bond motifs is 2. The zero-order valence-corrected chi connectivity index (χ0v) is 37.3. The number of carbonyl (C=O) groups is 2. The molecule has 0 saturated carbocycles. The number of allylic oxidation sites excluding steroid dienone is 12. The number of aliphatic carboxylic acids is 1. The zero-order chi connectivity index (χ0) is 47.6. The van der Waals surface area contributed by atoms with Crippen LogP contribution >= 0.6 is 0 Å². The molecule has 0 aromatic heterocycles. The first-order chi connectivity index (χ1) is 30.2. The summed E-state index contributed by atoms with van der Waals surface area (Å²) in [5.74, 6) is -6.69. The maximum absolute atomic E-state index is 12.6. The van der Waals surface area contributed by atoms with Gasteiger partial charge in [0.05, 0.1) is 67.5 Å². The lowest BCUT2D eigenvalue weighted by Crippen LogP contribution is -2.57. The summed E-state index contributed by atoms with van der Waals surface area (Å²) >= 11 is 0. The summed E-state index contributed by atoms with van der Waals surface area (Å²) in [6, 6.07) is -0.671. The van der Waals surface area contributed by atoms with E-state index in [1.165, 1.54) is 0 Å². The number of aliphatic hydroxyl groups excluding tert-OH is 8. The molecule has 18 atom stereocenters. The molecule has 3 aliphatic heterocycles. The third kappa shape index (κ3) is 18.8. The van der Waals surface area contributed by atoms with Crippen LogP contribution in [-0.2, 0) is 28.5 Å². The molecule has 5 unspecified atom stereocenters. The van der Waals surface area contributed by atoms with E-state index in [1.54, 1.807) is 69.4 Å². The minimum absolute atomic E-state index is 0.0938. The van der Waals surface area contributed by atoms with Crippen LogP contribution in [0.5, 0.6) is 0 Å². The van der Waals surface area contributed by atoms with E-state index in [4.69, 9.17) is 24.7 Å². The molecule has 0 aliphatic carbocycles. The van der Waals surface area contributed by atoms with Crippen LogP contribution in [0.15, 0.2) is 85.1 Å². The van der Waals surface area contributed by atoms with Gasteiger partial charge in [0, 0.05) is 43.6 Å². The molecule has 12 N–H and O–H groups in total. The number of cyclic esters (lactones) is 1. The van der Waals surface area contributed by atoms with E-state index >= 15 is 0 Å². The Morgan fingerprint density at radius 2 is 1.27 bits per heavy atom. The highest BCUT2D eigenvalue weighted by atomic mass is 16.7. The first-order valence-electron chi connectivity index (χ1n) is 22.2. The maximum atomic E-state index is 12.6. The third-order valence-electron chi connectivity index (χ3n) is 11.8. The first-order valence-corrected chi connectivity index (χ1v) is 22.2. The summed E-state index contributed by atoms with van der Waals surface area (Å²) in [4.78, 5) is 25.1. The van der Waals surface area contributed by atoms with Crippen LogP contribution < -0.4 is 5.73 Å². The lowest BCUT2D eigenvalue weighted by molar-refractivity contribution is -0.305. The maximum Gasteiger partial charge on any atom is 0.311 e. The Kier molecular flexibility index (Phi) is 23.4. The van der Waals surface area contributed by atoms with E-state index in [1.807, 2.05) is 43.4 Å². The SMILES string of the molecule is CC1CC(N)C(O)C(O[C@H]2/C=C/C=C/C=C/C=C/C=C/C=C/C=C/[C@H](C)[C@@H](O)[C@@H](C)[C@H](C)OC(=O)C[C@H](O)C[C@H](O)CC[C@@H](O)[C@H](O)C[C@H](O)C[C@]3(O)C[C@H](O)[C@@H](C(=O)O)C(C2)O3)O1. The first kappa shape index (κ1) is 54.9. The second-order valence-corrected chi connectivity index (χ2v) is 17.5. The van der Waals surface area contributed by atoms with Gasteiger partial charge < -0.3 is 75.7 Å². The van der Waals surface area contributed by atoms with Gasteiger partial charge in [0.2, 0.25) is 0 Å². The van der Waals surface area contributed by atoms with Crippen LogP contribution in [-0.4, -0.2) is 154 Å². The van der Waals surface area contributed by atoms with Crippen molar-refractivity contribution in [2.45, 2.75) is 177 Å². The van der Waals surface area contributed by atoms with Crippen molar-refractivity contribution in [1.82, 2.24) is 0 Å². The average molecular weight is 908 g/mol. The number of rotatable bonds is 3. The van der Waals surface area contributed by atoms with E-state index in [0.29, 0.717) is 6.42 Å². The van der Waals surface area contributed by atoms with E-state index in [2.05, 4.69) is 0 Å². The summed E-state index contributed by atoms with van der Waals surface area (Å²) < 4.78 is 23.4. The van der Waals surface area contributed by atoms with Gasteiger partial charge in [-0.15, -0.1) is 0 Å². The van der Waals surface area contributed by atoms with E-state index in [-0.39, 0.29) is 37.7 Å². The Hall–Kier alpha value is -3.40. The number of nitrogens with two attached hydrogens (primary N) is 1. The average Bonchev–Trinajstić information content (AvgIpc) is 3.19. The highest BCUT2D eigenvalue weighted by molar-refractivity contribution is 5.71. The fourth-order valence-electron chi connectivity index (χ4n) is 7.99. The topological polar surface area (TPSA) is 299 Å². The molecule has 17 nitrogen and oxygen atoms in total. The van der Waals surface area contributed by atoms with Crippen molar-refractivity contribution in [1.29, 1.82) is 0 Å². The Bertz CT molecular complexity index is 1630. The van der Waals surface area contributed by atoms with Gasteiger partial charge in [0.15, 0.2) is 12.1 Å². The molecule has 3 heterocycles. The van der Waals surface area contributed by atoms with E-state index < -0.39 is 135 Å². The van der Waals surface area contributed by atoms with Crippen molar-refractivity contribution in [2.24, 2.45) is 23.5 Å². The highest BCUT2D eigenvalue weighted by Gasteiger charge is 2.50. The molecular formula is C47H73NO16. The van der Waals surface area contributed by atoms with Gasteiger partial charge in [-0.3, -0.25) is 9.59 Å². The number of carboxylic acid groups (broad SMARTS) is 1. The monoisotopic (exact) mass is 907 g/mol. The number of hydrogen-bond acceptors (Lipinski definition) is 16. The van der Waals surface area contributed by atoms with Crippen LogP contribution in [0.1, 0.15) is 85.5 Å². The minimum atomic E-state index is -2.29. The van der Waals surface area contributed by atoms with Gasteiger partial charge >= 0.3 is 11.9 Å². The lowest BCUT2D eigenvalue weighted by atomic mass is 9.82. The Morgan fingerprint density at radius 3 is 1.86 bits per heavy atom. The summed E-state index contributed by atoms with van der Waals surface area (Å²) in [6.45, 7) is 6.99. The number of hydrogen-bond donors (Lipinski definition) is 11. The number of aliphatic hydroxyl groups is 9. The van der Waals surface area contributed by atoms with Crippen LogP contribution in [0.4, 0.5) is 0 Å². The minimum Gasteiger partial charge on any atom is -0.481 e. The van der Waals surface area contributed by atoms with Crippen molar-refractivity contribution in [2.75, 3.05) is 0 Å². The van der Waals surface area contributed by atoms with Crippen LogP contribution in [0.3, 0.4) is 0 Å². The Morgan fingerprint density at radius 1 is 0.688 bits per heavy atom. The number of ether oxygens (including phenoxy) is 4. The summed E-state index contributed by atoms with van der Waals surface area (Å²) in [5.41, 5.74) is 6.12. The number of carboxylic acids is 1. The van der Waals surface area contributed by atoms with Gasteiger partial charge in [0.25, 0.3) is 0 Å². The highest BCUT2D eigenvalue weighted by Crippen LogP contribution is 2.38. The van der Waals surface area contributed by atoms with Gasteiger partial charge in [-0.25, -0.2) is 0 Å². The van der Waals surface area contributed by atoms with Gasteiger partial charge in [0.1, 0.15) is 18.1 Å². The molecule has 362 valence electrons. The predicted octanol–water partition coefficient (Wildman–Crippen LogP) is 1.74. The molecule has 0 aromatic rings. The van der Waals surface area contributed by atoms with Gasteiger partial charge in [-0.1, -0.05) is 98.9 Å². The molecule has 64 heavy (non-hydrogen) atoms. The molecule has 3 aliphatic rings. The van der Waals surface area contributed by atoms with Crippen molar-refractivity contribution < 1.29 is 79.6 Å². The zero-order valence-electron chi connectivity index (χ0n) is 37.3. The molecule has 0 spiro atoms. The van der Waals surface area contributed by atoms with Crippen LogP contribution in [0.2, 0.25) is 0 Å². The third-order valence-corrected chi connectivity index (χ3v) is 11.8. The molecule has 2 saturated heterocycles. The second-order valence-electron chi connectivity index (χ2n) is 17.5. The Labute approximate surface area is 376 Å². The van der Waals surface area contributed by atoms with Crippen LogP contribution in [0, 0.1) is 17.8 Å². The molecule has 17 heteroatoms. The van der Waals surface area contributed by atoms with Crippen LogP contribution in [0.25, 0.3) is 0 Å². The standard InChI is InChI=1S/C47H73NO16/c1-28-17-15-13-11-9-7-5-6-8-10-12-14-16-18-35(63-46-44(57)36(48)21-29(2)61-46)25-40-42(45(58)59)39(54)27-47(60,64-40)26-34(51)23-38(53)37(52)20-19-32(49)22-33(50)24-41(55)62-31(4)30(3)43(28)56/h5-18,28-40,42-44,46,49-54,56-57,60H,19-27,48H2,1-4H3,(H,58,59)/b6-5+,9-7+,10-8+,13-11+,14-12+,17-15+,18-16+/t28-,29?,30-,31-,32+,33+,34-,35-,36?,37+,38+,39-,40?,42+,43+,44?,46?,47+/m0/s1. The normalized spacial score (nSPS) is 44.8. The lowest BCUT2D eigenvalue weighted by Gasteiger charge is -2.45. The summed E-state index contributed by atoms with van der Waals surface area (Å²) in [5, 5.41) is 108. The molecule has 2 fully saturated rings. The molecule has 3 rings (SSSR count). The number of esters is 1. The van der Waals surface area contributed by atoms with Gasteiger partial charge in [-0.05, 0) is 39.5 Å². The van der Waals surface area contributed by atoms with Crippen molar-refractivity contribution >= 4 is 11.9 Å². The summed E-state index contributed by atoms with van der Waals surface area (Å²) in [6.07, 6.45) is 6.77. The van der Waals surface area contributed by atoms with Crippen molar-refractivity contribution in [3.63, 3.8) is 0 Å². The van der Waals surface area contributed by atoms with E-state index in [9.17, 15) is 60.7 Å². The van der Waals surface area contributed by atoms with Crippen molar-refractivity contribution in [3.8, 4) is 0 Å². The molecule has 2 bridgehead atoms. The molecule has 0 aromatic carbocycles. The molecule has 0 radical (unpaired) electrons. The van der Waals surface area contributed by atoms with Gasteiger partial charge in [-0.2, -0.15) is 0 Å². The quantitative estimate of drug-likeness (QED) is 0.180. The second kappa shape index (κ2) is 27.3. The fourth-order valence-corrected chi connectivity index (χ4v) is 7.99. The Balaban J connectivity index is 1.85. The van der Waals surface area contributed by atoms with E-state index in [0.717, 1.165) is 0 Å². The number of carbonyl (C=O) groups excluding carboxylic acids is 1. The summed E-state index contributed by atoms with van der Waals surface area (Å²) in [7, 11) is 0. The smallest absolute Gasteiger partial charge is 0.311 e. The largest absolute Gasteiger partial charge is 0.481 e. The van der Waals surface area contributed by atoms with Crippen molar-refractivity contribution in [3.05, 3.63) is 85.1 Å². The predicted molar refractivity (Wildman–Crippen MR) is 236 cm³/mol. The molecule has 0 amide bonds. The molecular weight excluding hydrogens is 835 g/mol.